The van der Waals surface area contributed by atoms with Gasteiger partial charge >= 0.3 is 5.97 Å². The standard InChI is InChI=1S/C15H8Cl4O4/c1-5-2-3-7(20)6(4-5)14(21)8-9(15(22)23)11(17)13(19)12(18)10(8)16/h2-4,20H,1H3,(H,22,23). The number of ketones is 1. The van der Waals surface area contributed by atoms with Crippen molar-refractivity contribution in [3.05, 3.63) is 60.5 Å². The second-order valence-corrected chi connectivity index (χ2v) is 6.17. The molecule has 4 nitrogen and oxygen atoms in total. The lowest BCUT2D eigenvalue weighted by atomic mass is 9.96. The van der Waals surface area contributed by atoms with Gasteiger partial charge in [-0.15, -0.1) is 0 Å². The molecule has 2 aromatic carbocycles. The van der Waals surface area contributed by atoms with Gasteiger partial charge in [0.1, 0.15) is 5.75 Å². The Balaban J connectivity index is 2.84. The summed E-state index contributed by atoms with van der Waals surface area (Å²) in [6.07, 6.45) is 0. The summed E-state index contributed by atoms with van der Waals surface area (Å²) in [7, 11) is 0. The third-order valence-corrected chi connectivity index (χ3v) is 4.91. The van der Waals surface area contributed by atoms with Gasteiger partial charge in [-0.25, -0.2) is 4.79 Å². The van der Waals surface area contributed by atoms with E-state index in [1.54, 1.807) is 13.0 Å². The summed E-state index contributed by atoms with van der Waals surface area (Å²) in [5.41, 5.74) is -0.439. The molecule has 8 heteroatoms. The topological polar surface area (TPSA) is 74.6 Å². The highest BCUT2D eigenvalue weighted by Crippen LogP contribution is 2.42. The number of aromatic hydroxyl groups is 1. The van der Waals surface area contributed by atoms with E-state index < -0.39 is 27.9 Å². The highest BCUT2D eigenvalue weighted by atomic mass is 35.5. The van der Waals surface area contributed by atoms with E-state index in [0.29, 0.717) is 5.56 Å². The van der Waals surface area contributed by atoms with Crippen LogP contribution < -0.4 is 0 Å². The van der Waals surface area contributed by atoms with E-state index in [0.717, 1.165) is 0 Å². The van der Waals surface area contributed by atoms with E-state index in [4.69, 9.17) is 46.4 Å². The van der Waals surface area contributed by atoms with E-state index in [1.165, 1.54) is 12.1 Å². The number of carboxylic acid groups (broad SMARTS) is 1. The number of aromatic carboxylic acids is 1. The summed E-state index contributed by atoms with van der Waals surface area (Å²) < 4.78 is 0. The monoisotopic (exact) mass is 392 g/mol. The molecule has 0 radical (unpaired) electrons. The molecule has 0 aliphatic rings. The quantitative estimate of drug-likeness (QED) is 0.424. The summed E-state index contributed by atoms with van der Waals surface area (Å²) in [6, 6.07) is 4.31. The van der Waals surface area contributed by atoms with E-state index >= 15 is 0 Å². The van der Waals surface area contributed by atoms with E-state index in [-0.39, 0.29) is 26.4 Å². The second-order valence-electron chi connectivity index (χ2n) is 4.66. The fraction of sp³-hybridized carbons (Fsp3) is 0.0667. The maximum Gasteiger partial charge on any atom is 0.338 e. The maximum atomic E-state index is 12.7. The Labute approximate surface area is 151 Å². The lowest BCUT2D eigenvalue weighted by Crippen LogP contribution is -2.12. The van der Waals surface area contributed by atoms with Crippen molar-refractivity contribution in [1.82, 2.24) is 0 Å². The minimum atomic E-state index is -1.49. The first-order chi connectivity index (χ1) is 10.7. The van der Waals surface area contributed by atoms with Gasteiger partial charge in [0.05, 0.1) is 36.8 Å². The first kappa shape index (κ1) is 17.9. The number of carbonyl (C=O) groups is 2. The van der Waals surface area contributed by atoms with Gasteiger partial charge in [-0.1, -0.05) is 58.0 Å². The van der Waals surface area contributed by atoms with Crippen LogP contribution in [0.25, 0.3) is 0 Å². The number of carbonyl (C=O) groups excluding carboxylic acids is 1. The van der Waals surface area contributed by atoms with Crippen LogP contribution in [0.1, 0.15) is 31.8 Å². The van der Waals surface area contributed by atoms with Gasteiger partial charge in [-0.3, -0.25) is 4.79 Å². The molecule has 2 aromatic rings. The average molecular weight is 394 g/mol. The molecule has 0 saturated carbocycles. The van der Waals surface area contributed by atoms with Crippen molar-refractivity contribution in [2.24, 2.45) is 0 Å². The SMILES string of the molecule is Cc1ccc(O)c(C(=O)c2c(Cl)c(Cl)c(Cl)c(Cl)c2C(=O)O)c1. The fourth-order valence-corrected chi connectivity index (χ4v) is 3.03. The Morgan fingerprint density at radius 3 is 1.96 bits per heavy atom. The summed E-state index contributed by atoms with van der Waals surface area (Å²) in [6.45, 7) is 1.71. The van der Waals surface area contributed by atoms with Crippen LogP contribution in [0.2, 0.25) is 20.1 Å². The van der Waals surface area contributed by atoms with Crippen LogP contribution in [0.4, 0.5) is 0 Å². The molecule has 0 aliphatic carbocycles. The number of phenolic OH excluding ortho intramolecular Hbond substituents is 1. The Hall–Kier alpha value is -1.46. The Morgan fingerprint density at radius 2 is 1.43 bits per heavy atom. The van der Waals surface area contributed by atoms with Crippen LogP contribution in [0, 0.1) is 6.92 Å². The van der Waals surface area contributed by atoms with E-state index in [2.05, 4.69) is 0 Å². The largest absolute Gasteiger partial charge is 0.507 e. The van der Waals surface area contributed by atoms with Gasteiger partial charge in [0.2, 0.25) is 0 Å². The van der Waals surface area contributed by atoms with Crippen LogP contribution in [-0.2, 0) is 0 Å². The van der Waals surface area contributed by atoms with Gasteiger partial charge in [0.15, 0.2) is 5.78 Å². The van der Waals surface area contributed by atoms with Crippen molar-refractivity contribution >= 4 is 58.2 Å². The Kier molecular flexibility index (Phi) is 5.11. The van der Waals surface area contributed by atoms with Crippen molar-refractivity contribution in [1.29, 1.82) is 0 Å². The third kappa shape index (κ3) is 3.12. The minimum Gasteiger partial charge on any atom is -0.507 e. The van der Waals surface area contributed by atoms with Gasteiger partial charge in [0, 0.05) is 0 Å². The average Bonchev–Trinajstić information content (AvgIpc) is 2.49. The number of carboxylic acids is 1. The lowest BCUT2D eigenvalue weighted by molar-refractivity contribution is 0.0693. The minimum absolute atomic E-state index is 0.121. The molecule has 0 fully saturated rings. The lowest BCUT2D eigenvalue weighted by Gasteiger charge is -2.14. The molecule has 0 amide bonds. The summed E-state index contributed by atoms with van der Waals surface area (Å²) in [5, 5.41) is 18.0. The van der Waals surface area contributed by atoms with Gasteiger partial charge in [-0.2, -0.15) is 0 Å². The molecule has 2 N–H and O–H groups in total. The molecule has 0 aliphatic heterocycles. The molecule has 0 atom stereocenters. The molecule has 0 heterocycles. The number of rotatable bonds is 3. The molecule has 0 unspecified atom stereocenters. The molecule has 0 aromatic heterocycles. The molecule has 0 bridgehead atoms. The maximum absolute atomic E-state index is 12.7. The number of benzene rings is 2. The molecular weight excluding hydrogens is 386 g/mol. The third-order valence-electron chi connectivity index (χ3n) is 3.10. The van der Waals surface area contributed by atoms with Crippen LogP contribution >= 0.6 is 46.4 Å². The van der Waals surface area contributed by atoms with Crippen molar-refractivity contribution < 1.29 is 19.8 Å². The predicted molar refractivity (Wildman–Crippen MR) is 89.7 cm³/mol. The van der Waals surface area contributed by atoms with E-state index in [9.17, 15) is 19.8 Å². The number of aryl methyl sites for hydroxylation is 1. The van der Waals surface area contributed by atoms with Crippen molar-refractivity contribution in [2.75, 3.05) is 0 Å². The summed E-state index contributed by atoms with van der Waals surface area (Å²) >= 11 is 23.7. The van der Waals surface area contributed by atoms with Crippen molar-refractivity contribution in [3.8, 4) is 5.75 Å². The molecule has 0 saturated heterocycles. The molecule has 23 heavy (non-hydrogen) atoms. The van der Waals surface area contributed by atoms with Gasteiger partial charge < -0.3 is 10.2 Å². The predicted octanol–water partition coefficient (Wildman–Crippen LogP) is 5.24. The first-order valence-electron chi connectivity index (χ1n) is 6.10. The Morgan fingerprint density at radius 1 is 0.913 bits per heavy atom. The fourth-order valence-electron chi connectivity index (χ4n) is 2.01. The van der Waals surface area contributed by atoms with Crippen LogP contribution in [0.5, 0.6) is 5.75 Å². The zero-order valence-electron chi connectivity index (χ0n) is 11.5. The summed E-state index contributed by atoms with van der Waals surface area (Å²) in [5.74, 6) is -2.64. The van der Waals surface area contributed by atoms with Gasteiger partial charge in [-0.05, 0) is 19.1 Å². The molecule has 120 valence electrons. The number of hydrogen-bond donors (Lipinski definition) is 2. The number of hydrogen-bond acceptors (Lipinski definition) is 3. The van der Waals surface area contributed by atoms with Crippen molar-refractivity contribution in [2.45, 2.75) is 6.92 Å². The molecular formula is C15H8Cl4O4. The van der Waals surface area contributed by atoms with Crippen LogP contribution in [0.3, 0.4) is 0 Å². The Bertz CT molecular complexity index is 846. The smallest absolute Gasteiger partial charge is 0.338 e. The summed E-state index contributed by atoms with van der Waals surface area (Å²) in [4.78, 5) is 24.2. The van der Waals surface area contributed by atoms with E-state index in [1.807, 2.05) is 0 Å². The highest BCUT2D eigenvalue weighted by Gasteiger charge is 2.30. The highest BCUT2D eigenvalue weighted by molar-refractivity contribution is 6.54. The van der Waals surface area contributed by atoms with Crippen molar-refractivity contribution in [3.63, 3.8) is 0 Å². The van der Waals surface area contributed by atoms with Crippen LogP contribution in [0.15, 0.2) is 18.2 Å². The zero-order chi connectivity index (χ0) is 17.5. The number of phenols is 1. The zero-order valence-corrected chi connectivity index (χ0v) is 14.5. The van der Waals surface area contributed by atoms with Crippen LogP contribution in [-0.4, -0.2) is 22.0 Å². The number of halogens is 4. The van der Waals surface area contributed by atoms with Gasteiger partial charge in [0.25, 0.3) is 0 Å². The first-order valence-corrected chi connectivity index (χ1v) is 7.61. The normalized spacial score (nSPS) is 10.7. The second kappa shape index (κ2) is 6.57. The molecule has 2 rings (SSSR count). The molecule has 0 spiro atoms.